The van der Waals surface area contributed by atoms with Crippen LogP contribution in [0.5, 0.6) is 0 Å². The van der Waals surface area contributed by atoms with E-state index in [9.17, 15) is 18.0 Å². The summed E-state index contributed by atoms with van der Waals surface area (Å²) in [6.45, 7) is 1.43. The molecular weight excluding hydrogens is 325 g/mol. The zero-order valence-corrected chi connectivity index (χ0v) is 13.4. The highest BCUT2D eigenvalue weighted by atomic mass is 19.4. The molecule has 1 aromatic rings. The number of alkyl halides is 3. The first-order valence-corrected chi connectivity index (χ1v) is 8.11. The molecule has 2 N–H and O–H groups in total. The second kappa shape index (κ2) is 6.27. The molecule has 2 fully saturated rings. The molecule has 0 radical (unpaired) electrons. The number of ether oxygens (including phenoxy) is 1. The van der Waals surface area contributed by atoms with E-state index in [1.54, 1.807) is 0 Å². The van der Waals surface area contributed by atoms with E-state index in [0.29, 0.717) is 6.61 Å². The van der Waals surface area contributed by atoms with E-state index >= 15 is 0 Å². The fourth-order valence-electron chi connectivity index (χ4n) is 3.66. The third kappa shape index (κ3) is 3.35. The van der Waals surface area contributed by atoms with Gasteiger partial charge in [-0.3, -0.25) is 4.68 Å². The van der Waals surface area contributed by atoms with Crippen LogP contribution in [0, 0.1) is 5.41 Å². The van der Waals surface area contributed by atoms with Crippen LogP contribution in [0.25, 0.3) is 0 Å². The summed E-state index contributed by atoms with van der Waals surface area (Å²) in [7, 11) is 0. The van der Waals surface area contributed by atoms with E-state index in [0.717, 1.165) is 36.6 Å². The van der Waals surface area contributed by atoms with Gasteiger partial charge in [-0.25, -0.2) is 4.79 Å². The van der Waals surface area contributed by atoms with Crippen LogP contribution in [-0.4, -0.2) is 40.7 Å². The molecule has 2 aliphatic rings. The highest BCUT2D eigenvalue weighted by Crippen LogP contribution is 2.57. The number of urea groups is 1. The SMILES string of the molecule is CCO[C@@H]1C[C@@H](NC(=O)Nc2cnn(CC(F)(F)F)c2)C12CCC2. The lowest BCUT2D eigenvalue weighted by Crippen LogP contribution is -2.68. The van der Waals surface area contributed by atoms with Crippen molar-refractivity contribution in [2.75, 3.05) is 11.9 Å². The maximum absolute atomic E-state index is 12.3. The van der Waals surface area contributed by atoms with Gasteiger partial charge in [0.05, 0.1) is 18.0 Å². The lowest BCUT2D eigenvalue weighted by atomic mass is 9.51. The predicted molar refractivity (Wildman–Crippen MR) is 80.5 cm³/mol. The number of nitrogens with zero attached hydrogens (tertiary/aromatic N) is 2. The molecule has 24 heavy (non-hydrogen) atoms. The number of hydrogen-bond donors (Lipinski definition) is 2. The summed E-state index contributed by atoms with van der Waals surface area (Å²) in [5.74, 6) is 0. The van der Waals surface area contributed by atoms with Crippen molar-refractivity contribution in [1.82, 2.24) is 15.1 Å². The summed E-state index contributed by atoms with van der Waals surface area (Å²) in [5.41, 5.74) is 0.272. The van der Waals surface area contributed by atoms with Gasteiger partial charge in [-0.2, -0.15) is 18.3 Å². The average Bonchev–Trinajstić information content (AvgIpc) is 2.80. The topological polar surface area (TPSA) is 68.2 Å². The van der Waals surface area contributed by atoms with Gasteiger partial charge in [0.15, 0.2) is 0 Å². The number of carbonyl (C=O) groups is 1. The van der Waals surface area contributed by atoms with Crippen LogP contribution < -0.4 is 10.6 Å². The Hall–Kier alpha value is -1.77. The van der Waals surface area contributed by atoms with Crippen LogP contribution in [-0.2, 0) is 11.3 Å². The molecular formula is C15H21F3N4O2. The van der Waals surface area contributed by atoms with Crippen molar-refractivity contribution in [3.8, 4) is 0 Å². The van der Waals surface area contributed by atoms with E-state index in [-0.39, 0.29) is 23.2 Å². The summed E-state index contributed by atoms with van der Waals surface area (Å²) in [5, 5.41) is 9.05. The summed E-state index contributed by atoms with van der Waals surface area (Å²) in [6.07, 6.45) is 2.18. The third-order valence-electron chi connectivity index (χ3n) is 4.98. The Balaban J connectivity index is 1.51. The normalized spacial score (nSPS) is 25.0. The molecule has 0 saturated heterocycles. The lowest BCUT2D eigenvalue weighted by Gasteiger charge is -2.60. The van der Waals surface area contributed by atoms with Gasteiger partial charge >= 0.3 is 12.2 Å². The standard InChI is InChI=1S/C15H21F3N4O2/c1-2-24-12-6-11(14(12)4-3-5-14)21-13(23)20-10-7-19-22(8-10)9-15(16,17)18/h7-8,11-12H,2-6,9H2,1H3,(H2,20,21,23)/t11-,12-/m1/s1. The minimum atomic E-state index is -4.34. The lowest BCUT2D eigenvalue weighted by molar-refractivity contribution is -0.169. The van der Waals surface area contributed by atoms with Crippen molar-refractivity contribution in [2.24, 2.45) is 5.41 Å². The Labute approximate surface area is 137 Å². The summed E-state index contributed by atoms with van der Waals surface area (Å²) >= 11 is 0. The second-order valence-corrected chi connectivity index (χ2v) is 6.46. The van der Waals surface area contributed by atoms with E-state index in [1.807, 2.05) is 6.92 Å². The van der Waals surface area contributed by atoms with Gasteiger partial charge < -0.3 is 15.4 Å². The molecule has 2 aliphatic carbocycles. The minimum absolute atomic E-state index is 0.0355. The first-order chi connectivity index (χ1) is 11.3. The van der Waals surface area contributed by atoms with Crippen molar-refractivity contribution in [2.45, 2.75) is 57.5 Å². The third-order valence-corrected chi connectivity index (χ3v) is 4.98. The van der Waals surface area contributed by atoms with Crippen LogP contribution in [0.4, 0.5) is 23.7 Å². The van der Waals surface area contributed by atoms with Gasteiger partial charge in [-0.1, -0.05) is 6.42 Å². The van der Waals surface area contributed by atoms with Crippen LogP contribution in [0.15, 0.2) is 12.4 Å². The molecule has 6 nitrogen and oxygen atoms in total. The van der Waals surface area contributed by atoms with Crippen molar-refractivity contribution in [3.63, 3.8) is 0 Å². The Kier molecular flexibility index (Phi) is 4.46. The van der Waals surface area contributed by atoms with Gasteiger partial charge in [-0.15, -0.1) is 0 Å². The highest BCUT2D eigenvalue weighted by molar-refractivity contribution is 5.89. The van der Waals surface area contributed by atoms with Crippen LogP contribution in [0.3, 0.4) is 0 Å². The number of hydrogen-bond acceptors (Lipinski definition) is 3. The summed E-state index contributed by atoms with van der Waals surface area (Å²) in [4.78, 5) is 12.1. The summed E-state index contributed by atoms with van der Waals surface area (Å²) < 4.78 is 43.4. The fraction of sp³-hybridized carbons (Fsp3) is 0.733. The first-order valence-electron chi connectivity index (χ1n) is 8.11. The number of carbonyl (C=O) groups excluding carboxylic acids is 1. The number of anilines is 1. The molecule has 0 unspecified atom stereocenters. The first kappa shape index (κ1) is 17.1. The number of rotatable bonds is 5. The molecule has 1 spiro atoms. The molecule has 1 aromatic heterocycles. The Morgan fingerprint density at radius 3 is 2.83 bits per heavy atom. The number of aromatic nitrogens is 2. The maximum atomic E-state index is 12.3. The minimum Gasteiger partial charge on any atom is -0.378 e. The zero-order valence-electron chi connectivity index (χ0n) is 13.4. The molecule has 2 saturated carbocycles. The Bertz CT molecular complexity index is 598. The predicted octanol–water partition coefficient (Wildman–Crippen LogP) is 2.91. The number of amides is 2. The quantitative estimate of drug-likeness (QED) is 0.861. The van der Waals surface area contributed by atoms with Gasteiger partial charge in [0.1, 0.15) is 6.54 Å². The van der Waals surface area contributed by atoms with Gasteiger partial charge in [0.25, 0.3) is 0 Å². The summed E-state index contributed by atoms with van der Waals surface area (Å²) in [6, 6.07) is -0.374. The molecule has 0 aromatic carbocycles. The number of halogens is 3. The van der Waals surface area contributed by atoms with Gasteiger partial charge in [0, 0.05) is 24.3 Å². The fourth-order valence-corrected chi connectivity index (χ4v) is 3.66. The second-order valence-electron chi connectivity index (χ2n) is 6.46. The van der Waals surface area contributed by atoms with E-state index < -0.39 is 18.8 Å². The highest BCUT2D eigenvalue weighted by Gasteiger charge is 2.59. The zero-order chi connectivity index (χ0) is 17.4. The Morgan fingerprint density at radius 1 is 1.50 bits per heavy atom. The van der Waals surface area contributed by atoms with Gasteiger partial charge in [-0.05, 0) is 26.2 Å². The molecule has 9 heteroatoms. The Morgan fingerprint density at radius 2 is 2.25 bits per heavy atom. The van der Waals surface area contributed by atoms with Crippen molar-refractivity contribution in [3.05, 3.63) is 12.4 Å². The average molecular weight is 346 g/mol. The van der Waals surface area contributed by atoms with E-state index in [1.165, 1.54) is 6.20 Å². The van der Waals surface area contributed by atoms with Crippen molar-refractivity contribution >= 4 is 11.7 Å². The van der Waals surface area contributed by atoms with E-state index in [2.05, 4.69) is 15.7 Å². The molecule has 0 aliphatic heterocycles. The molecule has 134 valence electrons. The maximum Gasteiger partial charge on any atom is 0.408 e. The van der Waals surface area contributed by atoms with Crippen molar-refractivity contribution in [1.29, 1.82) is 0 Å². The molecule has 1 heterocycles. The van der Waals surface area contributed by atoms with Crippen LogP contribution in [0.1, 0.15) is 32.6 Å². The van der Waals surface area contributed by atoms with Gasteiger partial charge in [0.2, 0.25) is 0 Å². The molecule has 3 rings (SSSR count). The van der Waals surface area contributed by atoms with E-state index in [4.69, 9.17) is 4.74 Å². The smallest absolute Gasteiger partial charge is 0.378 e. The molecule has 2 atom stereocenters. The largest absolute Gasteiger partial charge is 0.408 e. The molecule has 2 amide bonds. The monoisotopic (exact) mass is 346 g/mol. The van der Waals surface area contributed by atoms with Crippen molar-refractivity contribution < 1.29 is 22.7 Å². The number of nitrogens with one attached hydrogen (secondary N) is 2. The van der Waals surface area contributed by atoms with Crippen LogP contribution in [0.2, 0.25) is 0 Å². The molecule has 0 bridgehead atoms. The van der Waals surface area contributed by atoms with Crippen LogP contribution >= 0.6 is 0 Å².